The Bertz CT molecular complexity index is 119. The predicted molar refractivity (Wildman–Crippen MR) is 32.1 cm³/mol. The van der Waals surface area contributed by atoms with E-state index in [0.29, 0.717) is 0 Å². The van der Waals surface area contributed by atoms with E-state index in [0.717, 1.165) is 0 Å². The van der Waals surface area contributed by atoms with E-state index in [1.54, 1.807) is 5.57 Å². The quantitative estimate of drug-likeness (QED) is 0.430. The molecule has 0 atom stereocenters. The summed E-state index contributed by atoms with van der Waals surface area (Å²) in [5.41, 5.74) is 1.56. The summed E-state index contributed by atoms with van der Waals surface area (Å²) in [4.78, 5) is 0. The van der Waals surface area contributed by atoms with Crippen molar-refractivity contribution in [3.05, 3.63) is 23.8 Å². The van der Waals surface area contributed by atoms with E-state index in [2.05, 4.69) is 25.2 Å². The van der Waals surface area contributed by atoms with Crippen LogP contribution in [0.1, 0.15) is 19.8 Å². The molecule has 1 rings (SSSR count). The maximum atomic E-state index is 2.19. The molecule has 0 aromatic carbocycles. The zero-order valence-corrected chi connectivity index (χ0v) is 11.0. The standard InChI is InChI=1S/C7H10.2ClH.Hf/c1-2-7-5-3-4-6-7;;;/h3-5H,2,6H2,1H3;2*1H;/p-2. The maximum Gasteiger partial charge on any atom is 0 e. The van der Waals surface area contributed by atoms with Gasteiger partial charge in [0.2, 0.25) is 0 Å². The van der Waals surface area contributed by atoms with Crippen molar-refractivity contribution in [3.63, 3.8) is 0 Å². The molecule has 0 aromatic rings. The predicted octanol–water partition coefficient (Wildman–Crippen LogP) is -3.71. The SMILES string of the molecule is CCC1=CC=CC1.[Cl-].[Cl-].[Hf]. The van der Waals surface area contributed by atoms with Crippen molar-refractivity contribution in [1.29, 1.82) is 0 Å². The third-order valence-electron chi connectivity index (χ3n) is 1.30. The van der Waals surface area contributed by atoms with Crippen molar-refractivity contribution in [2.24, 2.45) is 0 Å². The Morgan fingerprint density at radius 3 is 2.20 bits per heavy atom. The van der Waals surface area contributed by atoms with Crippen LogP contribution in [0.15, 0.2) is 23.8 Å². The second kappa shape index (κ2) is 9.93. The van der Waals surface area contributed by atoms with Gasteiger partial charge in [-0.25, -0.2) is 0 Å². The average molecular weight is 344 g/mol. The molecule has 0 saturated carbocycles. The summed E-state index contributed by atoms with van der Waals surface area (Å²) in [5.74, 6) is 0. The van der Waals surface area contributed by atoms with Gasteiger partial charge >= 0.3 is 0 Å². The van der Waals surface area contributed by atoms with Crippen LogP contribution in [0, 0.1) is 0 Å². The molecule has 0 aliphatic heterocycles. The van der Waals surface area contributed by atoms with Crippen molar-refractivity contribution in [1.82, 2.24) is 0 Å². The van der Waals surface area contributed by atoms with E-state index in [-0.39, 0.29) is 50.7 Å². The van der Waals surface area contributed by atoms with Gasteiger partial charge in [0.1, 0.15) is 0 Å². The third kappa shape index (κ3) is 5.70. The van der Waals surface area contributed by atoms with Gasteiger partial charge in [-0.15, -0.1) is 0 Å². The zero-order chi connectivity index (χ0) is 5.11. The van der Waals surface area contributed by atoms with Crippen molar-refractivity contribution in [2.45, 2.75) is 19.8 Å². The van der Waals surface area contributed by atoms with Crippen molar-refractivity contribution < 1.29 is 50.7 Å². The summed E-state index contributed by atoms with van der Waals surface area (Å²) in [6.07, 6.45) is 8.92. The van der Waals surface area contributed by atoms with Gasteiger partial charge in [0, 0.05) is 25.8 Å². The first-order valence-corrected chi connectivity index (χ1v) is 2.78. The first-order valence-electron chi connectivity index (χ1n) is 2.78. The van der Waals surface area contributed by atoms with Gasteiger partial charge < -0.3 is 24.8 Å². The van der Waals surface area contributed by atoms with Gasteiger partial charge in [-0.1, -0.05) is 30.7 Å². The van der Waals surface area contributed by atoms with E-state index in [1.165, 1.54) is 12.8 Å². The van der Waals surface area contributed by atoms with Crippen LogP contribution in [0.25, 0.3) is 0 Å². The Morgan fingerprint density at radius 2 is 2.00 bits per heavy atom. The Morgan fingerprint density at radius 1 is 1.40 bits per heavy atom. The molecule has 0 fully saturated rings. The molecule has 0 saturated heterocycles. The van der Waals surface area contributed by atoms with Crippen LogP contribution in [0.5, 0.6) is 0 Å². The number of allylic oxidation sites excluding steroid dienone is 4. The maximum absolute atomic E-state index is 2.19. The van der Waals surface area contributed by atoms with Crippen LogP contribution in [0.3, 0.4) is 0 Å². The van der Waals surface area contributed by atoms with Crippen molar-refractivity contribution >= 4 is 0 Å². The second-order valence-electron chi connectivity index (χ2n) is 1.81. The first kappa shape index (κ1) is 17.1. The monoisotopic (exact) mass is 344 g/mol. The minimum Gasteiger partial charge on any atom is -1.00 e. The number of hydrogen-bond acceptors (Lipinski definition) is 0. The molecule has 0 N–H and O–H groups in total. The largest absolute Gasteiger partial charge is 1.00 e. The molecule has 3 heteroatoms. The van der Waals surface area contributed by atoms with E-state index < -0.39 is 0 Å². The van der Waals surface area contributed by atoms with Gasteiger partial charge in [0.15, 0.2) is 0 Å². The van der Waals surface area contributed by atoms with Crippen LogP contribution in [-0.2, 0) is 25.8 Å². The van der Waals surface area contributed by atoms with Gasteiger partial charge in [0.25, 0.3) is 0 Å². The third-order valence-corrected chi connectivity index (χ3v) is 1.30. The molecule has 1 aliphatic rings. The summed E-state index contributed by atoms with van der Waals surface area (Å²) < 4.78 is 0. The van der Waals surface area contributed by atoms with Crippen LogP contribution in [-0.4, -0.2) is 0 Å². The molecule has 58 valence electrons. The molecule has 0 nitrogen and oxygen atoms in total. The Kier molecular flexibility index (Phi) is 17.0. The van der Waals surface area contributed by atoms with E-state index in [4.69, 9.17) is 0 Å². The van der Waals surface area contributed by atoms with Crippen LogP contribution < -0.4 is 24.8 Å². The summed E-state index contributed by atoms with van der Waals surface area (Å²) in [6, 6.07) is 0. The summed E-state index contributed by atoms with van der Waals surface area (Å²) >= 11 is 0. The topological polar surface area (TPSA) is 0 Å². The van der Waals surface area contributed by atoms with Crippen molar-refractivity contribution in [2.75, 3.05) is 0 Å². The van der Waals surface area contributed by atoms with Gasteiger partial charge in [-0.05, 0) is 12.8 Å². The second-order valence-corrected chi connectivity index (χ2v) is 1.81. The molecule has 0 unspecified atom stereocenters. The number of halogens is 2. The van der Waals surface area contributed by atoms with E-state index in [1.807, 2.05) is 0 Å². The molecule has 0 amide bonds. The van der Waals surface area contributed by atoms with Crippen LogP contribution >= 0.6 is 0 Å². The fraction of sp³-hybridized carbons (Fsp3) is 0.429. The fourth-order valence-corrected chi connectivity index (χ4v) is 0.754. The molecular formula is C7H10Cl2Hf-2. The van der Waals surface area contributed by atoms with Gasteiger partial charge in [-0.3, -0.25) is 0 Å². The van der Waals surface area contributed by atoms with Crippen LogP contribution in [0.2, 0.25) is 0 Å². The van der Waals surface area contributed by atoms with E-state index in [9.17, 15) is 0 Å². The first-order chi connectivity index (χ1) is 3.43. The van der Waals surface area contributed by atoms with Gasteiger partial charge in [-0.2, -0.15) is 0 Å². The molecule has 1 aliphatic carbocycles. The molecule has 0 spiro atoms. The molecular weight excluding hydrogens is 333 g/mol. The Labute approximate surface area is 93.8 Å². The van der Waals surface area contributed by atoms with Crippen molar-refractivity contribution in [3.8, 4) is 0 Å². The fourth-order valence-electron chi connectivity index (χ4n) is 0.754. The summed E-state index contributed by atoms with van der Waals surface area (Å²) in [5, 5.41) is 0. The molecule has 0 radical (unpaired) electrons. The molecule has 0 heterocycles. The minimum atomic E-state index is 0. The van der Waals surface area contributed by atoms with Crippen LogP contribution in [0.4, 0.5) is 0 Å². The number of rotatable bonds is 1. The normalized spacial score (nSPS) is 12.3. The zero-order valence-electron chi connectivity index (χ0n) is 5.90. The summed E-state index contributed by atoms with van der Waals surface area (Å²) in [7, 11) is 0. The molecule has 0 bridgehead atoms. The van der Waals surface area contributed by atoms with E-state index >= 15 is 0 Å². The molecule has 0 aromatic heterocycles. The average Bonchev–Trinajstić information content (AvgIpc) is 2.14. The van der Waals surface area contributed by atoms with Gasteiger partial charge in [0.05, 0.1) is 0 Å². The number of hydrogen-bond donors (Lipinski definition) is 0. The molecule has 10 heavy (non-hydrogen) atoms. The Hall–Kier alpha value is 0.930. The minimum absolute atomic E-state index is 0. The Balaban J connectivity index is -0.000000163. The smallest absolute Gasteiger partial charge is 0 e. The summed E-state index contributed by atoms with van der Waals surface area (Å²) in [6.45, 7) is 2.19.